The molecule has 0 spiro atoms. The Labute approximate surface area is 108 Å². The van der Waals surface area contributed by atoms with Crippen LogP contribution in [0.3, 0.4) is 0 Å². The number of fused-ring (bicyclic) bond motifs is 1. The summed E-state index contributed by atoms with van der Waals surface area (Å²) >= 11 is 5.98. The van der Waals surface area contributed by atoms with E-state index in [1.54, 1.807) is 18.6 Å². The van der Waals surface area contributed by atoms with Gasteiger partial charge in [0.1, 0.15) is 11.3 Å². The van der Waals surface area contributed by atoms with Gasteiger partial charge in [0.15, 0.2) is 5.15 Å². The van der Waals surface area contributed by atoms with E-state index in [4.69, 9.17) is 16.7 Å². The zero-order valence-corrected chi connectivity index (χ0v) is 10.2. The van der Waals surface area contributed by atoms with Crippen LogP contribution < -0.4 is 0 Å². The minimum atomic E-state index is -0.877. The maximum Gasteiger partial charge on any atom is 0.407 e. The van der Waals surface area contributed by atoms with Crippen molar-refractivity contribution >= 4 is 23.2 Å². The fourth-order valence-corrected chi connectivity index (χ4v) is 2.56. The molecule has 1 fully saturated rings. The van der Waals surface area contributed by atoms with Crippen LogP contribution in [0.2, 0.25) is 5.15 Å². The second-order valence-corrected chi connectivity index (χ2v) is 4.66. The molecule has 0 bridgehead atoms. The molecule has 2 aromatic heterocycles. The molecule has 0 aromatic carbocycles. The Morgan fingerprint density at radius 2 is 2.33 bits per heavy atom. The summed E-state index contributed by atoms with van der Waals surface area (Å²) in [5, 5.41) is 9.36. The van der Waals surface area contributed by atoms with Crippen molar-refractivity contribution in [2.45, 2.75) is 12.3 Å². The Bertz CT molecular complexity index is 612. The number of nitrogens with zero attached hydrogens (tertiary/aromatic N) is 4. The van der Waals surface area contributed by atoms with E-state index in [-0.39, 0.29) is 5.92 Å². The number of rotatable bonds is 1. The Morgan fingerprint density at radius 1 is 1.50 bits per heavy atom. The second kappa shape index (κ2) is 4.13. The zero-order chi connectivity index (χ0) is 12.7. The number of hydrogen-bond acceptors (Lipinski definition) is 3. The van der Waals surface area contributed by atoms with E-state index >= 15 is 0 Å². The molecule has 3 heterocycles. The molecule has 7 heteroatoms. The first kappa shape index (κ1) is 11.3. The number of amides is 1. The summed E-state index contributed by atoms with van der Waals surface area (Å²) in [7, 11) is 0. The molecule has 1 saturated heterocycles. The molecule has 1 unspecified atom stereocenters. The third-order valence-corrected chi connectivity index (χ3v) is 3.56. The Balaban J connectivity index is 1.96. The fraction of sp³-hybridized carbons (Fsp3) is 0.364. The maximum atomic E-state index is 10.9. The van der Waals surface area contributed by atoms with Gasteiger partial charge in [-0.15, -0.1) is 0 Å². The third kappa shape index (κ3) is 1.69. The number of aromatic nitrogens is 3. The molecule has 18 heavy (non-hydrogen) atoms. The maximum absolute atomic E-state index is 10.9. The molecule has 94 valence electrons. The topological polar surface area (TPSA) is 70.7 Å². The predicted octanol–water partition coefficient (Wildman–Crippen LogP) is 1.85. The lowest BCUT2D eigenvalue weighted by Crippen LogP contribution is -2.26. The van der Waals surface area contributed by atoms with Crippen molar-refractivity contribution in [3.8, 4) is 0 Å². The first-order valence-corrected chi connectivity index (χ1v) is 6.00. The molecular formula is C11H11ClN4O2. The van der Waals surface area contributed by atoms with Gasteiger partial charge in [-0.1, -0.05) is 11.6 Å². The molecule has 6 nitrogen and oxygen atoms in total. The van der Waals surface area contributed by atoms with E-state index in [0.29, 0.717) is 18.2 Å². The summed E-state index contributed by atoms with van der Waals surface area (Å²) in [5.41, 5.74) is 0.753. The summed E-state index contributed by atoms with van der Waals surface area (Å²) in [6.45, 7) is 1.03. The summed E-state index contributed by atoms with van der Waals surface area (Å²) in [4.78, 5) is 20.7. The minimum Gasteiger partial charge on any atom is -0.465 e. The van der Waals surface area contributed by atoms with E-state index in [2.05, 4.69) is 9.97 Å². The van der Waals surface area contributed by atoms with E-state index in [1.807, 2.05) is 4.40 Å². The molecule has 1 aliphatic heterocycles. The highest BCUT2D eigenvalue weighted by molar-refractivity contribution is 6.32. The molecule has 1 amide bonds. The van der Waals surface area contributed by atoms with E-state index in [0.717, 1.165) is 17.8 Å². The molecule has 1 N–H and O–H groups in total. The number of likely N-dealkylation sites (tertiary alicyclic amines) is 1. The first-order valence-electron chi connectivity index (χ1n) is 5.62. The number of hydrogen-bond donors (Lipinski definition) is 1. The SMILES string of the molecule is O=C(O)N1CCC(c2ncc3c(Cl)nccn23)C1. The Kier molecular flexibility index (Phi) is 2.59. The normalized spacial score (nSPS) is 19.6. The molecule has 0 aliphatic carbocycles. The van der Waals surface area contributed by atoms with Gasteiger partial charge in [0.25, 0.3) is 0 Å². The molecule has 1 aliphatic rings. The minimum absolute atomic E-state index is 0.113. The molecule has 3 rings (SSSR count). The first-order chi connectivity index (χ1) is 8.66. The lowest BCUT2D eigenvalue weighted by atomic mass is 10.1. The van der Waals surface area contributed by atoms with Gasteiger partial charge in [-0.05, 0) is 6.42 Å². The van der Waals surface area contributed by atoms with Crippen LogP contribution in [-0.2, 0) is 0 Å². The highest BCUT2D eigenvalue weighted by Crippen LogP contribution is 2.28. The van der Waals surface area contributed by atoms with Gasteiger partial charge in [-0.2, -0.15) is 0 Å². The largest absolute Gasteiger partial charge is 0.465 e. The molecule has 2 aromatic rings. The van der Waals surface area contributed by atoms with Crippen LogP contribution >= 0.6 is 11.6 Å². The number of imidazole rings is 1. The summed E-state index contributed by atoms with van der Waals surface area (Å²) in [5.74, 6) is 0.958. The van der Waals surface area contributed by atoms with Crippen molar-refractivity contribution in [3.63, 3.8) is 0 Å². The Hall–Kier alpha value is -1.82. The van der Waals surface area contributed by atoms with Crippen LogP contribution in [0.4, 0.5) is 4.79 Å². The lowest BCUT2D eigenvalue weighted by Gasteiger charge is -2.11. The fourth-order valence-electron chi connectivity index (χ4n) is 2.36. The van der Waals surface area contributed by atoms with Crippen molar-refractivity contribution in [1.82, 2.24) is 19.3 Å². The van der Waals surface area contributed by atoms with E-state index in [1.165, 1.54) is 4.90 Å². The standard InChI is InChI=1S/C11H11ClN4O2/c12-9-8-5-14-10(16(8)4-2-13-9)7-1-3-15(6-7)11(17)18/h2,4-5,7H,1,3,6H2,(H,17,18). The van der Waals surface area contributed by atoms with Crippen LogP contribution in [0.15, 0.2) is 18.6 Å². The zero-order valence-electron chi connectivity index (χ0n) is 9.45. The van der Waals surface area contributed by atoms with Crippen LogP contribution in [0, 0.1) is 0 Å². The highest BCUT2D eigenvalue weighted by Gasteiger charge is 2.29. The summed E-state index contributed by atoms with van der Waals surface area (Å²) in [6.07, 6.45) is 5.00. The predicted molar refractivity (Wildman–Crippen MR) is 65.0 cm³/mol. The molecular weight excluding hydrogens is 256 g/mol. The van der Waals surface area contributed by atoms with Gasteiger partial charge in [0.05, 0.1) is 6.20 Å². The van der Waals surface area contributed by atoms with Gasteiger partial charge in [-0.25, -0.2) is 14.8 Å². The van der Waals surface area contributed by atoms with Gasteiger partial charge >= 0.3 is 6.09 Å². The summed E-state index contributed by atoms with van der Waals surface area (Å²) in [6, 6.07) is 0. The number of carboxylic acid groups (broad SMARTS) is 1. The van der Waals surface area contributed by atoms with E-state index < -0.39 is 6.09 Å². The van der Waals surface area contributed by atoms with Gasteiger partial charge < -0.3 is 10.0 Å². The van der Waals surface area contributed by atoms with Crippen molar-refractivity contribution in [1.29, 1.82) is 0 Å². The van der Waals surface area contributed by atoms with Crippen LogP contribution in [-0.4, -0.2) is 43.6 Å². The van der Waals surface area contributed by atoms with Gasteiger partial charge in [-0.3, -0.25) is 4.40 Å². The molecule has 1 atom stereocenters. The van der Waals surface area contributed by atoms with Crippen molar-refractivity contribution in [2.75, 3.05) is 13.1 Å². The number of halogens is 1. The highest BCUT2D eigenvalue weighted by atomic mass is 35.5. The van der Waals surface area contributed by atoms with Crippen molar-refractivity contribution in [3.05, 3.63) is 29.6 Å². The van der Waals surface area contributed by atoms with Gasteiger partial charge in [0, 0.05) is 31.4 Å². The van der Waals surface area contributed by atoms with Crippen LogP contribution in [0.5, 0.6) is 0 Å². The number of carbonyl (C=O) groups is 1. The molecule has 0 radical (unpaired) electrons. The third-order valence-electron chi connectivity index (χ3n) is 3.26. The average molecular weight is 267 g/mol. The van der Waals surface area contributed by atoms with Gasteiger partial charge in [0.2, 0.25) is 0 Å². The summed E-state index contributed by atoms with van der Waals surface area (Å²) < 4.78 is 1.88. The lowest BCUT2D eigenvalue weighted by molar-refractivity contribution is 0.155. The van der Waals surface area contributed by atoms with Crippen LogP contribution in [0.25, 0.3) is 5.52 Å². The monoisotopic (exact) mass is 266 g/mol. The van der Waals surface area contributed by atoms with Crippen LogP contribution in [0.1, 0.15) is 18.2 Å². The smallest absolute Gasteiger partial charge is 0.407 e. The Morgan fingerprint density at radius 3 is 3.06 bits per heavy atom. The second-order valence-electron chi connectivity index (χ2n) is 4.30. The van der Waals surface area contributed by atoms with Crippen molar-refractivity contribution < 1.29 is 9.90 Å². The van der Waals surface area contributed by atoms with Crippen molar-refractivity contribution in [2.24, 2.45) is 0 Å². The molecule has 0 saturated carbocycles. The quantitative estimate of drug-likeness (QED) is 0.855. The van der Waals surface area contributed by atoms with E-state index in [9.17, 15) is 4.79 Å². The average Bonchev–Trinajstić information content (AvgIpc) is 2.94.